The Kier molecular flexibility index (Phi) is 4.77. The molecule has 0 aliphatic carbocycles. The number of nitrogens with zero attached hydrogens (tertiary/aromatic N) is 1. The van der Waals surface area contributed by atoms with E-state index in [0.717, 1.165) is 10.4 Å². The molecule has 3 amide bonds. The number of thiophene rings is 1. The lowest BCUT2D eigenvalue weighted by atomic mass is 10.2. The molecule has 6 nitrogen and oxygen atoms in total. The monoisotopic (exact) mass is 331 g/mol. The first-order valence-electron chi connectivity index (χ1n) is 7.28. The lowest BCUT2D eigenvalue weighted by Gasteiger charge is -2.13. The Morgan fingerprint density at radius 1 is 1.30 bits per heavy atom. The van der Waals surface area contributed by atoms with E-state index in [-0.39, 0.29) is 12.1 Å². The minimum atomic E-state index is -0.294. The molecule has 2 heterocycles. The maximum absolute atomic E-state index is 11.9. The van der Waals surface area contributed by atoms with Gasteiger partial charge < -0.3 is 20.3 Å². The van der Waals surface area contributed by atoms with Gasteiger partial charge in [-0.15, -0.1) is 11.3 Å². The number of carbonyl (C=O) groups excluding carboxylic acids is 2. The Labute approximate surface area is 138 Å². The number of amides is 3. The largest absolute Gasteiger partial charge is 0.448 e. The first kappa shape index (κ1) is 15.4. The lowest BCUT2D eigenvalue weighted by Crippen LogP contribution is -2.28. The van der Waals surface area contributed by atoms with Crippen LogP contribution in [0.1, 0.15) is 10.4 Å². The molecule has 0 atom stereocenters. The molecule has 3 rings (SSSR count). The Balaban J connectivity index is 1.54. The number of urea groups is 1. The number of ether oxygens (including phenoxy) is 1. The predicted octanol–water partition coefficient (Wildman–Crippen LogP) is 3.02. The van der Waals surface area contributed by atoms with Crippen LogP contribution in [0.15, 0.2) is 41.8 Å². The zero-order valence-corrected chi connectivity index (χ0v) is 13.3. The van der Waals surface area contributed by atoms with Crippen molar-refractivity contribution < 1.29 is 14.3 Å². The second-order valence-corrected chi connectivity index (χ2v) is 6.16. The molecule has 0 spiro atoms. The molecule has 7 heteroatoms. The summed E-state index contributed by atoms with van der Waals surface area (Å²) in [4.78, 5) is 26.1. The number of carbonyl (C=O) groups is 2. The molecule has 0 radical (unpaired) electrons. The van der Waals surface area contributed by atoms with Gasteiger partial charge in [0.05, 0.1) is 13.1 Å². The van der Waals surface area contributed by atoms with Crippen molar-refractivity contribution >= 4 is 29.1 Å². The van der Waals surface area contributed by atoms with Crippen LogP contribution in [-0.2, 0) is 17.8 Å². The molecule has 120 valence electrons. The van der Waals surface area contributed by atoms with E-state index >= 15 is 0 Å². The molecular formula is C16H17N3O3S. The molecule has 1 fully saturated rings. The number of rotatable bonds is 5. The van der Waals surface area contributed by atoms with Crippen molar-refractivity contribution in [2.45, 2.75) is 13.1 Å². The van der Waals surface area contributed by atoms with Gasteiger partial charge in [0.25, 0.3) is 0 Å². The number of benzene rings is 1. The van der Waals surface area contributed by atoms with E-state index < -0.39 is 0 Å². The van der Waals surface area contributed by atoms with Gasteiger partial charge >= 0.3 is 12.1 Å². The van der Waals surface area contributed by atoms with E-state index in [1.54, 1.807) is 16.2 Å². The molecule has 0 unspecified atom stereocenters. The van der Waals surface area contributed by atoms with E-state index in [9.17, 15) is 9.59 Å². The highest BCUT2D eigenvalue weighted by atomic mass is 32.1. The van der Waals surface area contributed by atoms with E-state index in [0.29, 0.717) is 31.9 Å². The van der Waals surface area contributed by atoms with Crippen molar-refractivity contribution in [1.82, 2.24) is 10.2 Å². The summed E-state index contributed by atoms with van der Waals surface area (Å²) in [6.07, 6.45) is -0.294. The normalized spacial score (nSPS) is 13.7. The summed E-state index contributed by atoms with van der Waals surface area (Å²) in [5.41, 5.74) is 1.64. The SMILES string of the molecule is O=C(NCc1cccs1)Nc1cccc(CN2CCOC2=O)c1. The average molecular weight is 331 g/mol. The summed E-state index contributed by atoms with van der Waals surface area (Å²) in [6.45, 7) is 2.01. The maximum atomic E-state index is 11.9. The fraction of sp³-hybridized carbons (Fsp3) is 0.250. The van der Waals surface area contributed by atoms with Gasteiger partial charge in [-0.05, 0) is 29.1 Å². The quantitative estimate of drug-likeness (QED) is 0.885. The van der Waals surface area contributed by atoms with Crippen LogP contribution in [0.4, 0.5) is 15.3 Å². The topological polar surface area (TPSA) is 70.7 Å². The minimum Gasteiger partial charge on any atom is -0.448 e. The van der Waals surface area contributed by atoms with Crippen molar-refractivity contribution in [2.24, 2.45) is 0 Å². The van der Waals surface area contributed by atoms with Crippen molar-refractivity contribution in [3.63, 3.8) is 0 Å². The number of hydrogen-bond donors (Lipinski definition) is 2. The molecular weight excluding hydrogens is 314 g/mol. The van der Waals surface area contributed by atoms with Crippen LogP contribution in [0.25, 0.3) is 0 Å². The maximum Gasteiger partial charge on any atom is 0.410 e. The predicted molar refractivity (Wildman–Crippen MR) is 88.4 cm³/mol. The lowest BCUT2D eigenvalue weighted by molar-refractivity contribution is 0.157. The van der Waals surface area contributed by atoms with E-state index in [2.05, 4.69) is 10.6 Å². The molecule has 1 aliphatic rings. The molecule has 1 aromatic heterocycles. The van der Waals surface area contributed by atoms with E-state index in [1.807, 2.05) is 41.8 Å². The van der Waals surface area contributed by atoms with Gasteiger partial charge in [0.15, 0.2) is 0 Å². The van der Waals surface area contributed by atoms with Gasteiger partial charge in [0, 0.05) is 17.1 Å². The van der Waals surface area contributed by atoms with Gasteiger partial charge in [-0.2, -0.15) is 0 Å². The standard InChI is InChI=1S/C16H17N3O3S/c20-15(17-10-14-5-2-8-23-14)18-13-4-1-3-12(9-13)11-19-6-7-22-16(19)21/h1-5,8-9H,6-7,10-11H2,(H2,17,18,20). The van der Waals surface area contributed by atoms with E-state index in [1.165, 1.54) is 0 Å². The summed E-state index contributed by atoms with van der Waals surface area (Å²) in [5.74, 6) is 0. The number of nitrogens with one attached hydrogen (secondary N) is 2. The third kappa shape index (κ3) is 4.23. The molecule has 1 aromatic carbocycles. The van der Waals surface area contributed by atoms with Crippen LogP contribution in [0.2, 0.25) is 0 Å². The summed E-state index contributed by atoms with van der Waals surface area (Å²) in [6, 6.07) is 11.1. The van der Waals surface area contributed by atoms with Crippen LogP contribution in [0.3, 0.4) is 0 Å². The van der Waals surface area contributed by atoms with Crippen LogP contribution in [0, 0.1) is 0 Å². The molecule has 1 aliphatic heterocycles. The van der Waals surface area contributed by atoms with E-state index in [4.69, 9.17) is 4.74 Å². The molecule has 0 bridgehead atoms. The number of anilines is 1. The number of hydrogen-bond acceptors (Lipinski definition) is 4. The minimum absolute atomic E-state index is 0.254. The zero-order valence-electron chi connectivity index (χ0n) is 12.5. The van der Waals surface area contributed by atoms with Crippen molar-refractivity contribution in [3.8, 4) is 0 Å². The molecule has 0 saturated carbocycles. The van der Waals surface area contributed by atoms with Crippen LogP contribution >= 0.6 is 11.3 Å². The first-order chi connectivity index (χ1) is 11.2. The van der Waals surface area contributed by atoms with Crippen LogP contribution in [-0.4, -0.2) is 30.2 Å². The van der Waals surface area contributed by atoms with Gasteiger partial charge in [0.2, 0.25) is 0 Å². The molecule has 2 aromatic rings. The van der Waals surface area contributed by atoms with Gasteiger partial charge in [-0.25, -0.2) is 9.59 Å². The van der Waals surface area contributed by atoms with Gasteiger partial charge in [0.1, 0.15) is 6.61 Å². The van der Waals surface area contributed by atoms with Crippen molar-refractivity contribution in [2.75, 3.05) is 18.5 Å². The van der Waals surface area contributed by atoms with Gasteiger partial charge in [-0.1, -0.05) is 18.2 Å². The Morgan fingerprint density at radius 3 is 2.96 bits per heavy atom. The Bertz CT molecular complexity index is 688. The Hall–Kier alpha value is -2.54. The summed E-state index contributed by atoms with van der Waals surface area (Å²) >= 11 is 1.60. The average Bonchev–Trinajstić information content (AvgIpc) is 3.18. The highest BCUT2D eigenvalue weighted by Gasteiger charge is 2.21. The van der Waals surface area contributed by atoms with Crippen LogP contribution in [0.5, 0.6) is 0 Å². The summed E-state index contributed by atoms with van der Waals surface area (Å²) < 4.78 is 4.91. The third-order valence-corrected chi connectivity index (χ3v) is 4.28. The smallest absolute Gasteiger partial charge is 0.410 e. The molecule has 23 heavy (non-hydrogen) atoms. The highest BCUT2D eigenvalue weighted by molar-refractivity contribution is 7.09. The Morgan fingerprint density at radius 2 is 2.22 bits per heavy atom. The second-order valence-electron chi connectivity index (χ2n) is 5.12. The van der Waals surface area contributed by atoms with Crippen molar-refractivity contribution in [3.05, 3.63) is 52.2 Å². The number of cyclic esters (lactones) is 1. The first-order valence-corrected chi connectivity index (χ1v) is 8.16. The molecule has 2 N–H and O–H groups in total. The third-order valence-electron chi connectivity index (χ3n) is 3.41. The fourth-order valence-electron chi connectivity index (χ4n) is 2.29. The van der Waals surface area contributed by atoms with Gasteiger partial charge in [-0.3, -0.25) is 0 Å². The zero-order chi connectivity index (χ0) is 16.1. The summed E-state index contributed by atoms with van der Waals surface area (Å²) in [7, 11) is 0. The second kappa shape index (κ2) is 7.15. The fourth-order valence-corrected chi connectivity index (χ4v) is 2.94. The molecule has 1 saturated heterocycles. The summed E-state index contributed by atoms with van der Waals surface area (Å²) in [5, 5.41) is 7.58. The van der Waals surface area contributed by atoms with Crippen molar-refractivity contribution in [1.29, 1.82) is 0 Å². The van der Waals surface area contributed by atoms with Crippen LogP contribution < -0.4 is 10.6 Å². The highest BCUT2D eigenvalue weighted by Crippen LogP contribution is 2.15.